The third-order valence-corrected chi connectivity index (χ3v) is 7.56. The van der Waals surface area contributed by atoms with Gasteiger partial charge in [0.1, 0.15) is 23.3 Å². The molecule has 144 valence electrons. The molecule has 2 aliphatic rings. The van der Waals surface area contributed by atoms with Gasteiger partial charge >= 0.3 is 6.09 Å². The maximum atomic E-state index is 14.3. The predicted octanol–water partition coefficient (Wildman–Crippen LogP) is 4.50. The van der Waals surface area contributed by atoms with Gasteiger partial charge in [-0.2, -0.15) is 0 Å². The number of hydrogen-bond acceptors (Lipinski definition) is 5. The molecule has 0 bridgehead atoms. The van der Waals surface area contributed by atoms with Crippen molar-refractivity contribution in [3.05, 3.63) is 35.4 Å². The molecule has 1 aromatic rings. The van der Waals surface area contributed by atoms with Crippen LogP contribution >= 0.6 is 23.5 Å². The van der Waals surface area contributed by atoms with Gasteiger partial charge in [-0.05, 0) is 45.4 Å². The van der Waals surface area contributed by atoms with Crippen molar-refractivity contribution in [1.82, 2.24) is 5.32 Å². The average Bonchev–Trinajstić information content (AvgIpc) is 2.96. The second kappa shape index (κ2) is 7.56. The third kappa shape index (κ3) is 4.64. The zero-order chi connectivity index (χ0) is 18.9. The summed E-state index contributed by atoms with van der Waals surface area (Å²) in [7, 11) is 0. The summed E-state index contributed by atoms with van der Waals surface area (Å²) in [5, 5.41) is 2.82. The first-order valence-corrected chi connectivity index (χ1v) is 10.5. The van der Waals surface area contributed by atoms with E-state index in [1.54, 1.807) is 44.3 Å². The van der Waals surface area contributed by atoms with Gasteiger partial charge in [0.05, 0.1) is 16.7 Å². The van der Waals surface area contributed by atoms with Crippen LogP contribution in [0.5, 0.6) is 0 Å². The summed E-state index contributed by atoms with van der Waals surface area (Å²) >= 11 is 3.58. The molecule has 2 atom stereocenters. The molecule has 1 N–H and O–H groups in total. The molecule has 4 nitrogen and oxygen atoms in total. The standard InChI is InChI=1S/C18H23F2NO3S2/c1-17(2,3)24-16(22)21-14-9-18(25-6-7-26-18)10-23-15(14)12-8-11(19)4-5-13(12)20/h4-5,8,14-15H,6-7,9-10H2,1-3H3,(H,21,22)/t14-,15-/m1/s1. The maximum Gasteiger partial charge on any atom is 0.407 e. The van der Waals surface area contributed by atoms with Gasteiger partial charge in [-0.15, -0.1) is 23.5 Å². The Labute approximate surface area is 160 Å². The summed E-state index contributed by atoms with van der Waals surface area (Å²) in [6, 6.07) is 2.79. The second-order valence-corrected chi connectivity index (χ2v) is 10.7. The van der Waals surface area contributed by atoms with Crippen molar-refractivity contribution in [3.63, 3.8) is 0 Å². The Morgan fingerprint density at radius 1 is 1.31 bits per heavy atom. The number of thioether (sulfide) groups is 2. The lowest BCUT2D eigenvalue weighted by atomic mass is 9.95. The van der Waals surface area contributed by atoms with Crippen LogP contribution < -0.4 is 5.32 Å². The van der Waals surface area contributed by atoms with Crippen LogP contribution in [0.2, 0.25) is 0 Å². The Morgan fingerprint density at radius 3 is 2.65 bits per heavy atom. The van der Waals surface area contributed by atoms with Crippen LogP contribution in [0.25, 0.3) is 0 Å². The Hall–Kier alpha value is -0.990. The average molecular weight is 404 g/mol. The first-order valence-electron chi connectivity index (χ1n) is 8.51. The smallest absolute Gasteiger partial charge is 0.407 e. The Bertz CT molecular complexity index is 675. The van der Waals surface area contributed by atoms with Crippen LogP contribution in [0.15, 0.2) is 18.2 Å². The Balaban J connectivity index is 1.84. The quantitative estimate of drug-likeness (QED) is 0.788. The molecule has 0 radical (unpaired) electrons. The van der Waals surface area contributed by atoms with Crippen LogP contribution in [0.3, 0.4) is 0 Å². The lowest BCUT2D eigenvalue weighted by Crippen LogP contribution is -2.50. The Morgan fingerprint density at radius 2 is 2.00 bits per heavy atom. The molecule has 1 aromatic carbocycles. The SMILES string of the molecule is CC(C)(C)OC(=O)N[C@@H]1CC2(CO[C@@H]1c1cc(F)ccc1F)SCCS2. The van der Waals surface area contributed by atoms with E-state index in [1.807, 2.05) is 0 Å². The van der Waals surface area contributed by atoms with Gasteiger partial charge in [0.2, 0.25) is 0 Å². The van der Waals surface area contributed by atoms with Gasteiger partial charge in [-0.1, -0.05) is 0 Å². The summed E-state index contributed by atoms with van der Waals surface area (Å²) in [4.78, 5) is 12.3. The fraction of sp³-hybridized carbons (Fsp3) is 0.611. The maximum absolute atomic E-state index is 14.3. The highest BCUT2D eigenvalue weighted by Gasteiger charge is 2.46. The number of benzene rings is 1. The molecule has 1 amide bonds. The topological polar surface area (TPSA) is 47.6 Å². The van der Waals surface area contributed by atoms with E-state index in [1.165, 1.54) is 0 Å². The highest BCUT2D eigenvalue weighted by molar-refractivity contribution is 8.21. The molecule has 0 aliphatic carbocycles. The molecule has 3 rings (SSSR count). The number of carbonyl (C=O) groups is 1. The molecule has 1 spiro atoms. The summed E-state index contributed by atoms with van der Waals surface area (Å²) in [5.41, 5.74) is -0.526. The van der Waals surface area contributed by atoms with E-state index >= 15 is 0 Å². The van der Waals surface area contributed by atoms with Gasteiger partial charge < -0.3 is 14.8 Å². The number of halogens is 2. The van der Waals surface area contributed by atoms with E-state index in [9.17, 15) is 13.6 Å². The molecule has 0 aromatic heterocycles. The van der Waals surface area contributed by atoms with Crippen LogP contribution in [-0.4, -0.2) is 39.9 Å². The number of hydrogen-bond donors (Lipinski definition) is 1. The predicted molar refractivity (Wildman–Crippen MR) is 100 cm³/mol. The summed E-state index contributed by atoms with van der Waals surface area (Å²) in [5.74, 6) is 0.930. The minimum Gasteiger partial charge on any atom is -0.444 e. The Kier molecular flexibility index (Phi) is 5.75. The van der Waals surface area contributed by atoms with Crippen molar-refractivity contribution < 1.29 is 23.0 Å². The monoisotopic (exact) mass is 403 g/mol. The number of amides is 1. The van der Waals surface area contributed by atoms with Crippen molar-refractivity contribution in [2.45, 2.75) is 49.0 Å². The number of alkyl carbamates (subject to hydrolysis) is 1. The largest absolute Gasteiger partial charge is 0.444 e. The molecule has 0 unspecified atom stereocenters. The summed E-state index contributed by atoms with van der Waals surface area (Å²) in [6.07, 6.45) is -0.744. The van der Waals surface area contributed by atoms with Crippen LogP contribution in [0.1, 0.15) is 38.9 Å². The molecule has 2 heterocycles. The van der Waals surface area contributed by atoms with E-state index in [-0.39, 0.29) is 9.64 Å². The van der Waals surface area contributed by atoms with Gasteiger partial charge in [-0.3, -0.25) is 0 Å². The molecule has 8 heteroatoms. The van der Waals surface area contributed by atoms with Crippen molar-refractivity contribution in [2.24, 2.45) is 0 Å². The fourth-order valence-corrected chi connectivity index (χ4v) is 6.30. The van der Waals surface area contributed by atoms with Crippen molar-refractivity contribution in [3.8, 4) is 0 Å². The lowest BCUT2D eigenvalue weighted by Gasteiger charge is -2.42. The number of carbonyl (C=O) groups excluding carboxylic acids is 1. The van der Waals surface area contributed by atoms with E-state index in [0.29, 0.717) is 13.0 Å². The number of ether oxygens (including phenoxy) is 2. The minimum absolute atomic E-state index is 0.119. The fourth-order valence-electron chi connectivity index (χ4n) is 3.16. The first kappa shape index (κ1) is 19.8. The molecular weight excluding hydrogens is 380 g/mol. The first-order chi connectivity index (χ1) is 12.2. The van der Waals surface area contributed by atoms with Gasteiger partial charge in [0.15, 0.2) is 0 Å². The zero-order valence-electron chi connectivity index (χ0n) is 15.0. The van der Waals surface area contributed by atoms with Crippen LogP contribution in [-0.2, 0) is 9.47 Å². The molecule has 2 aliphatic heterocycles. The normalized spacial score (nSPS) is 25.3. The van der Waals surface area contributed by atoms with Crippen molar-refractivity contribution in [2.75, 3.05) is 18.1 Å². The van der Waals surface area contributed by atoms with Gasteiger partial charge in [0.25, 0.3) is 0 Å². The lowest BCUT2D eigenvalue weighted by molar-refractivity contribution is -0.0198. The molecule has 2 fully saturated rings. The highest BCUT2D eigenvalue weighted by atomic mass is 32.2. The summed E-state index contributed by atoms with van der Waals surface area (Å²) < 4.78 is 39.1. The van der Waals surface area contributed by atoms with Gasteiger partial charge in [0, 0.05) is 17.1 Å². The van der Waals surface area contributed by atoms with Crippen molar-refractivity contribution >= 4 is 29.6 Å². The molecular formula is C18H23F2NO3S2. The minimum atomic E-state index is -0.759. The van der Waals surface area contributed by atoms with Crippen molar-refractivity contribution in [1.29, 1.82) is 0 Å². The van der Waals surface area contributed by atoms with Gasteiger partial charge in [-0.25, -0.2) is 13.6 Å². The highest BCUT2D eigenvalue weighted by Crippen LogP contribution is 2.52. The van der Waals surface area contributed by atoms with E-state index in [4.69, 9.17) is 9.47 Å². The molecule has 26 heavy (non-hydrogen) atoms. The van der Waals surface area contributed by atoms with E-state index < -0.39 is 35.5 Å². The van der Waals surface area contributed by atoms with Crippen LogP contribution in [0.4, 0.5) is 13.6 Å². The molecule has 0 saturated carbocycles. The van der Waals surface area contributed by atoms with E-state index in [0.717, 1.165) is 29.7 Å². The van der Waals surface area contributed by atoms with Crippen LogP contribution in [0, 0.1) is 11.6 Å². The second-order valence-electron chi connectivity index (χ2n) is 7.46. The third-order valence-electron chi connectivity index (χ3n) is 4.16. The van der Waals surface area contributed by atoms with E-state index in [2.05, 4.69) is 5.32 Å². The number of nitrogens with one attached hydrogen (secondary N) is 1. The summed E-state index contributed by atoms with van der Waals surface area (Å²) in [6.45, 7) is 5.75. The zero-order valence-corrected chi connectivity index (χ0v) is 16.6. The number of rotatable bonds is 2. The molecule has 2 saturated heterocycles.